The van der Waals surface area contributed by atoms with Crippen molar-refractivity contribution in [3.63, 3.8) is 0 Å². The van der Waals surface area contributed by atoms with E-state index in [0.29, 0.717) is 12.3 Å². The maximum atomic E-state index is 8.35. The molecule has 52 valence electrons. The molecule has 1 unspecified atom stereocenters. The summed E-state index contributed by atoms with van der Waals surface area (Å²) in [5.74, 6) is 0.382. The summed E-state index contributed by atoms with van der Waals surface area (Å²) in [5, 5.41) is 9.13. The summed E-state index contributed by atoms with van der Waals surface area (Å²) in [4.78, 5) is 0. The van der Waals surface area contributed by atoms with E-state index >= 15 is 0 Å². The van der Waals surface area contributed by atoms with Gasteiger partial charge in [0, 0.05) is 11.5 Å². The first-order chi connectivity index (χ1) is 4.83. The number of nitriles is 1. The molecule has 10 heavy (non-hydrogen) atoms. The Balaban J connectivity index is 2.46. The zero-order chi connectivity index (χ0) is 7.40. The number of nitrogens with zero attached hydrogens (tertiary/aromatic N) is 1. The van der Waals surface area contributed by atoms with E-state index in [1.54, 1.807) is 0 Å². The number of hydrogen-bond acceptors (Lipinski definition) is 1. The molecule has 0 aromatic rings. The highest BCUT2D eigenvalue weighted by Crippen LogP contribution is 2.20. The standard InChI is InChI=1S/C8H8ClN/c9-8-3-1-7(2-4-8)5-6-10/h1,3-4,7H,2,5H2. The molecule has 0 fully saturated rings. The van der Waals surface area contributed by atoms with Gasteiger partial charge in [-0.2, -0.15) is 5.26 Å². The van der Waals surface area contributed by atoms with Crippen LogP contribution in [0, 0.1) is 17.2 Å². The van der Waals surface area contributed by atoms with Gasteiger partial charge in [0.15, 0.2) is 0 Å². The van der Waals surface area contributed by atoms with E-state index in [1.165, 1.54) is 0 Å². The lowest BCUT2D eigenvalue weighted by atomic mass is 9.98. The Morgan fingerprint density at radius 3 is 3.10 bits per heavy atom. The van der Waals surface area contributed by atoms with E-state index in [1.807, 2.05) is 18.2 Å². The van der Waals surface area contributed by atoms with Crippen molar-refractivity contribution in [3.05, 3.63) is 23.3 Å². The van der Waals surface area contributed by atoms with Crippen molar-refractivity contribution in [1.29, 1.82) is 5.26 Å². The maximum Gasteiger partial charge on any atom is 0.0628 e. The molecule has 1 rings (SSSR count). The second-order valence-corrected chi connectivity index (χ2v) is 2.74. The fraction of sp³-hybridized carbons (Fsp3) is 0.375. The summed E-state index contributed by atoms with van der Waals surface area (Å²) in [7, 11) is 0. The molecule has 0 N–H and O–H groups in total. The molecule has 0 saturated heterocycles. The lowest BCUT2D eigenvalue weighted by molar-refractivity contribution is 0.675. The fourth-order valence-electron chi connectivity index (χ4n) is 0.907. The Kier molecular flexibility index (Phi) is 2.53. The summed E-state index contributed by atoms with van der Waals surface area (Å²) in [6.07, 6.45) is 7.29. The summed E-state index contributed by atoms with van der Waals surface area (Å²) < 4.78 is 0. The van der Waals surface area contributed by atoms with Crippen LogP contribution in [-0.4, -0.2) is 0 Å². The van der Waals surface area contributed by atoms with Gasteiger partial charge in [-0.15, -0.1) is 0 Å². The van der Waals surface area contributed by atoms with Gasteiger partial charge in [0.05, 0.1) is 6.07 Å². The monoisotopic (exact) mass is 153 g/mol. The van der Waals surface area contributed by atoms with Gasteiger partial charge >= 0.3 is 0 Å². The average Bonchev–Trinajstić information content (AvgIpc) is 1.95. The molecule has 1 atom stereocenters. The topological polar surface area (TPSA) is 23.8 Å². The van der Waals surface area contributed by atoms with Crippen molar-refractivity contribution in [1.82, 2.24) is 0 Å². The molecular weight excluding hydrogens is 146 g/mol. The van der Waals surface area contributed by atoms with Crippen LogP contribution in [0.25, 0.3) is 0 Å². The molecule has 0 saturated carbocycles. The molecule has 2 heteroatoms. The first-order valence-corrected chi connectivity index (χ1v) is 3.61. The molecule has 1 nitrogen and oxygen atoms in total. The highest BCUT2D eigenvalue weighted by atomic mass is 35.5. The third kappa shape index (κ3) is 1.89. The lowest BCUT2D eigenvalue weighted by Crippen LogP contribution is -1.96. The van der Waals surface area contributed by atoms with Crippen molar-refractivity contribution in [3.8, 4) is 6.07 Å². The van der Waals surface area contributed by atoms with Crippen LogP contribution in [0.2, 0.25) is 0 Å². The van der Waals surface area contributed by atoms with E-state index < -0.39 is 0 Å². The third-order valence-electron chi connectivity index (χ3n) is 1.50. The Labute approximate surface area is 65.6 Å². The Morgan fingerprint density at radius 1 is 1.80 bits per heavy atom. The Bertz CT molecular complexity index is 210. The maximum absolute atomic E-state index is 8.35. The van der Waals surface area contributed by atoms with Gasteiger partial charge in [0.2, 0.25) is 0 Å². The normalized spacial score (nSPS) is 23.6. The quantitative estimate of drug-likeness (QED) is 0.568. The number of rotatable bonds is 1. The SMILES string of the molecule is N#CCC1C=CC(Cl)=CC1. The van der Waals surface area contributed by atoms with Crippen LogP contribution in [0.5, 0.6) is 0 Å². The molecule has 1 aliphatic rings. The minimum Gasteiger partial charge on any atom is -0.198 e. The van der Waals surface area contributed by atoms with Crippen molar-refractivity contribution in [2.24, 2.45) is 5.92 Å². The van der Waals surface area contributed by atoms with E-state index in [2.05, 4.69) is 6.07 Å². The average molecular weight is 154 g/mol. The molecule has 0 aliphatic heterocycles. The summed E-state index contributed by atoms with van der Waals surface area (Å²) in [5.41, 5.74) is 0. The van der Waals surface area contributed by atoms with Gasteiger partial charge in [0.1, 0.15) is 0 Å². The van der Waals surface area contributed by atoms with Crippen LogP contribution in [-0.2, 0) is 0 Å². The predicted octanol–water partition coefficient (Wildman–Crippen LogP) is 2.60. The molecule has 0 amide bonds. The summed E-state index contributed by atoms with van der Waals surface area (Å²) in [6, 6.07) is 2.13. The predicted molar refractivity (Wildman–Crippen MR) is 41.4 cm³/mol. The summed E-state index contributed by atoms with van der Waals surface area (Å²) in [6.45, 7) is 0. The van der Waals surface area contributed by atoms with Crippen LogP contribution in [0.4, 0.5) is 0 Å². The number of allylic oxidation sites excluding steroid dienone is 4. The smallest absolute Gasteiger partial charge is 0.0628 e. The van der Waals surface area contributed by atoms with Gasteiger partial charge in [-0.05, 0) is 18.4 Å². The molecule has 0 spiro atoms. The van der Waals surface area contributed by atoms with Crippen LogP contribution < -0.4 is 0 Å². The van der Waals surface area contributed by atoms with Crippen molar-refractivity contribution in [2.45, 2.75) is 12.8 Å². The van der Waals surface area contributed by atoms with Crippen molar-refractivity contribution in [2.75, 3.05) is 0 Å². The van der Waals surface area contributed by atoms with Gasteiger partial charge in [0.25, 0.3) is 0 Å². The van der Waals surface area contributed by atoms with Gasteiger partial charge in [-0.25, -0.2) is 0 Å². The fourth-order valence-corrected chi connectivity index (χ4v) is 1.07. The van der Waals surface area contributed by atoms with Crippen molar-refractivity contribution >= 4 is 11.6 Å². The van der Waals surface area contributed by atoms with Crippen molar-refractivity contribution < 1.29 is 0 Å². The van der Waals surface area contributed by atoms with Crippen LogP contribution >= 0.6 is 11.6 Å². The lowest BCUT2D eigenvalue weighted by Gasteiger charge is -2.08. The van der Waals surface area contributed by atoms with E-state index in [0.717, 1.165) is 11.5 Å². The first-order valence-electron chi connectivity index (χ1n) is 3.23. The molecular formula is C8H8ClN. The first kappa shape index (κ1) is 7.37. The molecule has 0 heterocycles. The second-order valence-electron chi connectivity index (χ2n) is 2.31. The molecule has 0 bridgehead atoms. The highest BCUT2D eigenvalue weighted by Gasteiger charge is 2.05. The largest absolute Gasteiger partial charge is 0.198 e. The Hall–Kier alpha value is -0.740. The van der Waals surface area contributed by atoms with Crippen LogP contribution in [0.3, 0.4) is 0 Å². The zero-order valence-corrected chi connectivity index (χ0v) is 6.30. The minimum atomic E-state index is 0.382. The van der Waals surface area contributed by atoms with E-state index in [9.17, 15) is 0 Å². The summed E-state index contributed by atoms with van der Waals surface area (Å²) >= 11 is 5.67. The van der Waals surface area contributed by atoms with Gasteiger partial charge in [-0.1, -0.05) is 23.8 Å². The van der Waals surface area contributed by atoms with Crippen LogP contribution in [0.1, 0.15) is 12.8 Å². The highest BCUT2D eigenvalue weighted by molar-refractivity contribution is 6.31. The van der Waals surface area contributed by atoms with Gasteiger partial charge < -0.3 is 0 Å². The minimum absolute atomic E-state index is 0.382. The van der Waals surface area contributed by atoms with Crippen LogP contribution in [0.15, 0.2) is 23.3 Å². The van der Waals surface area contributed by atoms with E-state index in [-0.39, 0.29) is 0 Å². The second kappa shape index (κ2) is 3.43. The molecule has 1 aliphatic carbocycles. The Morgan fingerprint density at radius 2 is 2.60 bits per heavy atom. The third-order valence-corrected chi connectivity index (χ3v) is 1.78. The zero-order valence-electron chi connectivity index (χ0n) is 5.55. The molecule has 0 aromatic heterocycles. The molecule has 0 aromatic carbocycles. The number of hydrogen-bond donors (Lipinski definition) is 0. The molecule has 0 radical (unpaired) electrons. The van der Waals surface area contributed by atoms with Gasteiger partial charge in [-0.3, -0.25) is 0 Å². The number of halogens is 1. The van der Waals surface area contributed by atoms with E-state index in [4.69, 9.17) is 16.9 Å².